The van der Waals surface area contributed by atoms with Crippen LogP contribution >= 0.6 is 11.6 Å². The Morgan fingerprint density at radius 2 is 2.09 bits per heavy atom. The summed E-state index contributed by atoms with van der Waals surface area (Å²) in [7, 11) is 0. The Morgan fingerprint density at radius 1 is 1.26 bits per heavy atom. The van der Waals surface area contributed by atoms with E-state index in [4.69, 9.17) is 4.74 Å². The molecule has 0 atom stereocenters. The van der Waals surface area contributed by atoms with Crippen molar-refractivity contribution < 1.29 is 17.9 Å². The fourth-order valence-corrected chi connectivity index (χ4v) is 4.20. The van der Waals surface area contributed by atoms with E-state index in [1.807, 2.05) is 18.3 Å². The first-order valence-corrected chi connectivity index (χ1v) is 11.6. The van der Waals surface area contributed by atoms with Crippen LogP contribution in [0.5, 0.6) is 0 Å². The predicted molar refractivity (Wildman–Crippen MR) is 127 cm³/mol. The lowest BCUT2D eigenvalue weighted by Gasteiger charge is -2.15. The third-order valence-corrected chi connectivity index (χ3v) is 5.94. The fraction of sp³-hybridized carbons (Fsp3) is 0.375. The number of rotatable bonds is 3. The van der Waals surface area contributed by atoms with Gasteiger partial charge in [-0.2, -0.15) is 18.2 Å². The van der Waals surface area contributed by atoms with E-state index in [9.17, 15) is 13.2 Å². The Bertz CT molecular complexity index is 1300. The number of hydrogen-bond acceptors (Lipinski definition) is 5. The third-order valence-electron chi connectivity index (χ3n) is 5.94. The first-order chi connectivity index (χ1) is 16.4. The van der Waals surface area contributed by atoms with E-state index in [0.29, 0.717) is 30.2 Å². The molecule has 0 spiro atoms. The number of halogens is 4. The Hall–Kier alpha value is -2.91. The molecule has 10 heteroatoms. The van der Waals surface area contributed by atoms with Gasteiger partial charge in [0.15, 0.2) is 5.49 Å². The van der Waals surface area contributed by atoms with Crippen LogP contribution in [-0.2, 0) is 24.0 Å². The highest BCUT2D eigenvalue weighted by atomic mass is 35.5. The van der Waals surface area contributed by atoms with E-state index in [1.54, 1.807) is 6.07 Å². The van der Waals surface area contributed by atoms with Gasteiger partial charge in [-0.15, -0.1) is 11.6 Å². The summed E-state index contributed by atoms with van der Waals surface area (Å²) in [6.45, 7) is 4.32. The molecule has 5 rings (SSSR count). The molecule has 0 bridgehead atoms. The van der Waals surface area contributed by atoms with Crippen LogP contribution in [0.1, 0.15) is 28.8 Å². The minimum Gasteiger partial charge on any atom is -0.377 e. The van der Waals surface area contributed by atoms with E-state index in [0.717, 1.165) is 47.7 Å². The quantitative estimate of drug-likeness (QED) is 0.527. The summed E-state index contributed by atoms with van der Waals surface area (Å²) in [5.74, 6) is 0.692. The zero-order chi connectivity index (χ0) is 24.3. The normalized spacial score (nSPS) is 15.9. The van der Waals surface area contributed by atoms with Gasteiger partial charge >= 0.3 is 6.18 Å². The van der Waals surface area contributed by atoms with E-state index >= 15 is 0 Å². The lowest BCUT2D eigenvalue weighted by atomic mass is 10.0. The number of nitrogens with one attached hydrogen (secondary N) is 1. The van der Waals surface area contributed by atoms with Gasteiger partial charge in [0.1, 0.15) is 0 Å². The van der Waals surface area contributed by atoms with Gasteiger partial charge < -0.3 is 14.6 Å². The molecule has 0 fully saturated rings. The smallest absolute Gasteiger partial charge is 0.377 e. The van der Waals surface area contributed by atoms with Crippen LogP contribution in [0.2, 0.25) is 0 Å². The molecule has 1 N–H and O–H groups in total. The number of aromatic nitrogens is 3. The van der Waals surface area contributed by atoms with E-state index in [1.165, 1.54) is 19.4 Å². The molecular formula is C24H25ClF3N5O. The SMILES string of the molecule is CCl.Cc1c(CN=c2nc3n(c4cnc(C5=CCOCC5)cc24)CCN3)cccc1C(F)(F)F. The summed E-state index contributed by atoms with van der Waals surface area (Å²) in [4.78, 5) is 14.0. The summed E-state index contributed by atoms with van der Waals surface area (Å²) in [5, 5.41) is 4.07. The fourth-order valence-electron chi connectivity index (χ4n) is 4.20. The van der Waals surface area contributed by atoms with Crippen molar-refractivity contribution in [3.63, 3.8) is 0 Å². The van der Waals surface area contributed by atoms with Crippen molar-refractivity contribution in [3.8, 4) is 0 Å². The maximum absolute atomic E-state index is 13.3. The Kier molecular flexibility index (Phi) is 7.23. The van der Waals surface area contributed by atoms with Crippen LogP contribution in [0.15, 0.2) is 41.5 Å². The van der Waals surface area contributed by atoms with Gasteiger partial charge in [0, 0.05) is 24.9 Å². The lowest BCUT2D eigenvalue weighted by molar-refractivity contribution is -0.138. The molecule has 3 aromatic rings. The average Bonchev–Trinajstić information content (AvgIpc) is 3.33. The van der Waals surface area contributed by atoms with Crippen LogP contribution in [0.25, 0.3) is 16.5 Å². The zero-order valence-corrected chi connectivity index (χ0v) is 19.7. The first kappa shape index (κ1) is 24.2. The maximum atomic E-state index is 13.3. The number of ether oxygens (including phenoxy) is 1. The van der Waals surface area contributed by atoms with Crippen molar-refractivity contribution in [1.29, 1.82) is 0 Å². The second-order valence-corrected chi connectivity index (χ2v) is 7.88. The molecule has 0 saturated carbocycles. The molecule has 0 saturated heterocycles. The minimum absolute atomic E-state index is 0.107. The molecule has 180 valence electrons. The average molecular weight is 492 g/mol. The topological polar surface area (TPSA) is 64.3 Å². The molecule has 4 heterocycles. The first-order valence-electron chi connectivity index (χ1n) is 10.9. The molecule has 1 aromatic carbocycles. The van der Waals surface area contributed by atoms with Gasteiger partial charge in [0.2, 0.25) is 5.95 Å². The van der Waals surface area contributed by atoms with Crippen LogP contribution in [0.3, 0.4) is 0 Å². The molecule has 6 nitrogen and oxygen atoms in total. The molecule has 2 aromatic heterocycles. The molecule has 2 aliphatic heterocycles. The van der Waals surface area contributed by atoms with Crippen molar-refractivity contribution >= 4 is 34.0 Å². The van der Waals surface area contributed by atoms with Crippen LogP contribution in [0.4, 0.5) is 19.1 Å². The van der Waals surface area contributed by atoms with Gasteiger partial charge in [-0.3, -0.25) is 9.98 Å². The standard InChI is InChI=1S/C23H22F3N5O.CH3Cl/c1-14-16(3-2-4-18(14)23(24,25)26)12-29-21-17-11-19(15-5-9-32-10-6-15)28-13-20(17)31-8-7-27-22(31)30-21;1-2/h2-5,11,13H,6-10,12H2,1H3,(H,27,29,30);1H3. The third kappa shape index (κ3) is 4.81. The Balaban J connectivity index is 0.00000133. The van der Waals surface area contributed by atoms with Crippen molar-refractivity contribution in [2.75, 3.05) is 31.5 Å². The molecule has 0 unspecified atom stereocenters. The van der Waals surface area contributed by atoms with E-state index in [2.05, 4.69) is 36.4 Å². The molecule has 0 aliphatic carbocycles. The maximum Gasteiger partial charge on any atom is 0.416 e. The highest BCUT2D eigenvalue weighted by molar-refractivity contribution is 6.15. The van der Waals surface area contributed by atoms with Crippen molar-refractivity contribution in [2.45, 2.75) is 32.6 Å². The lowest BCUT2D eigenvalue weighted by Crippen LogP contribution is -2.16. The summed E-state index contributed by atoms with van der Waals surface area (Å²) >= 11 is 4.64. The second-order valence-electron chi connectivity index (χ2n) is 7.88. The molecule has 0 radical (unpaired) electrons. The highest BCUT2D eigenvalue weighted by Crippen LogP contribution is 2.33. The van der Waals surface area contributed by atoms with Crippen molar-refractivity contribution in [1.82, 2.24) is 14.5 Å². The largest absolute Gasteiger partial charge is 0.416 e. The van der Waals surface area contributed by atoms with Gasteiger partial charge in [0.05, 0.1) is 42.7 Å². The number of nitrogens with zero attached hydrogens (tertiary/aromatic N) is 4. The molecule has 34 heavy (non-hydrogen) atoms. The number of hydrogen-bond donors (Lipinski definition) is 1. The summed E-state index contributed by atoms with van der Waals surface area (Å²) in [6.07, 6.45) is 1.71. The Morgan fingerprint density at radius 3 is 2.82 bits per heavy atom. The number of fused-ring (bicyclic) bond motifs is 3. The van der Waals surface area contributed by atoms with Crippen molar-refractivity contribution in [3.05, 3.63) is 64.4 Å². The summed E-state index contributed by atoms with van der Waals surface area (Å²) in [5.41, 5.74) is 3.44. The minimum atomic E-state index is -4.39. The number of alkyl halides is 4. The van der Waals surface area contributed by atoms with Gasteiger partial charge in [-0.25, -0.2) is 0 Å². The van der Waals surface area contributed by atoms with Crippen LogP contribution in [0, 0.1) is 6.92 Å². The van der Waals surface area contributed by atoms with Crippen LogP contribution in [-0.4, -0.2) is 40.7 Å². The van der Waals surface area contributed by atoms with Gasteiger partial charge in [-0.1, -0.05) is 18.2 Å². The van der Waals surface area contributed by atoms with Gasteiger partial charge in [0.25, 0.3) is 0 Å². The number of benzene rings is 1. The molecule has 0 amide bonds. The van der Waals surface area contributed by atoms with E-state index < -0.39 is 11.7 Å². The predicted octanol–water partition coefficient (Wildman–Crippen LogP) is 4.94. The molecule has 2 aliphatic rings. The van der Waals surface area contributed by atoms with Crippen LogP contribution < -0.4 is 10.8 Å². The van der Waals surface area contributed by atoms with Crippen molar-refractivity contribution in [2.24, 2.45) is 4.99 Å². The monoisotopic (exact) mass is 491 g/mol. The zero-order valence-electron chi connectivity index (χ0n) is 18.9. The molecular weight excluding hydrogens is 467 g/mol. The highest BCUT2D eigenvalue weighted by Gasteiger charge is 2.32. The van der Waals surface area contributed by atoms with E-state index in [-0.39, 0.29) is 12.1 Å². The Labute approximate surface area is 200 Å². The summed E-state index contributed by atoms with van der Waals surface area (Å²) in [6, 6.07) is 6.17. The second kappa shape index (κ2) is 10.1. The number of pyridine rings is 1. The number of anilines is 1. The van der Waals surface area contributed by atoms with Gasteiger partial charge in [-0.05, 0) is 42.2 Å². The summed E-state index contributed by atoms with van der Waals surface area (Å²) < 4.78 is 47.3.